The Labute approximate surface area is 477 Å². The summed E-state index contributed by atoms with van der Waals surface area (Å²) in [5.74, 6) is 3.95. The van der Waals surface area contributed by atoms with E-state index in [4.69, 9.17) is 28.8 Å². The van der Waals surface area contributed by atoms with Crippen molar-refractivity contribution in [3.8, 4) is 45.2 Å². The summed E-state index contributed by atoms with van der Waals surface area (Å²) in [6.45, 7) is 17.7. The van der Waals surface area contributed by atoms with Crippen LogP contribution in [0.15, 0.2) is 237 Å². The third-order valence-electron chi connectivity index (χ3n) is 12.5. The van der Waals surface area contributed by atoms with Gasteiger partial charge in [-0.1, -0.05) is 243 Å². The van der Waals surface area contributed by atoms with E-state index in [-0.39, 0.29) is 40.0 Å². The predicted molar refractivity (Wildman–Crippen MR) is 314 cm³/mol. The molecule has 10 aromatic rings. The number of hydrogen-bond donors (Lipinski definition) is 0. The van der Waals surface area contributed by atoms with Crippen LogP contribution in [0.3, 0.4) is 0 Å². The minimum atomic E-state index is 0. The molecule has 0 radical (unpaired) electrons. The van der Waals surface area contributed by atoms with Crippen LogP contribution in [0.5, 0.6) is 0 Å². The number of aromatic nitrogens is 2. The first kappa shape index (κ1) is 58.0. The molecule has 10 rings (SSSR count). The first-order chi connectivity index (χ1) is 36.1. The number of halogens is 1. The number of rotatable bonds is 13. The standard InChI is InChI=1S/C34H32N2O.C28H28N2O.C6H5.BrH.Mg/c1-23(2)28-21-14-22-29(24(3)4)32(28)35-31(26-17-10-6-11-18-26)34-36-30(25-15-8-5-9-16-25)33(37-34)27-19-12-7-13-20-27;1-19(2)23-16-11-17-24(20(3)4)27(23)29-18-25-30-26(21-12-7-5-8-13-21)28(31-25)22-14-9-6-10-15-22;1-2-4-6-5-3-1;;/h5-24H,1-4H3;5-20H,1-4H3;1-5H;1H;/q;;-1;;+2/p-1. The maximum atomic E-state index is 6.60. The molecular weight excluding hydrogens is 1010 g/mol. The quantitative estimate of drug-likeness (QED) is 0.0655. The Morgan fingerprint density at radius 1 is 0.421 bits per heavy atom. The first-order valence-electron chi connectivity index (χ1n) is 25.7. The largest absolute Gasteiger partial charge is 2.00 e. The summed E-state index contributed by atoms with van der Waals surface area (Å²) < 4.78 is 12.8. The average molecular weight is 1070 g/mol. The zero-order valence-electron chi connectivity index (χ0n) is 44.9. The molecule has 0 amide bonds. The maximum absolute atomic E-state index is 6.60. The second-order valence-electron chi connectivity index (χ2n) is 19.2. The summed E-state index contributed by atoms with van der Waals surface area (Å²) in [5.41, 5.74) is 14.3. The van der Waals surface area contributed by atoms with Gasteiger partial charge in [-0.2, -0.15) is 36.4 Å². The van der Waals surface area contributed by atoms with Crippen LogP contribution in [0.4, 0.5) is 11.4 Å². The minimum Gasteiger partial charge on any atom is -1.00 e. The fourth-order valence-electron chi connectivity index (χ4n) is 8.67. The van der Waals surface area contributed by atoms with E-state index in [0.717, 1.165) is 67.8 Å². The third kappa shape index (κ3) is 14.8. The van der Waals surface area contributed by atoms with E-state index in [1.165, 1.54) is 22.3 Å². The van der Waals surface area contributed by atoms with Crippen molar-refractivity contribution in [3.05, 3.63) is 264 Å². The molecule has 0 saturated carbocycles. The van der Waals surface area contributed by atoms with Gasteiger partial charge in [0.15, 0.2) is 11.5 Å². The van der Waals surface area contributed by atoms with E-state index in [9.17, 15) is 0 Å². The van der Waals surface area contributed by atoms with Crippen LogP contribution in [0.1, 0.15) is 119 Å². The monoisotopic (exact) mass is 1070 g/mol. The van der Waals surface area contributed by atoms with Crippen LogP contribution in [0, 0.1) is 6.07 Å². The molecule has 0 fully saturated rings. The van der Waals surface area contributed by atoms with Crippen molar-refractivity contribution in [2.75, 3.05) is 0 Å². The minimum absolute atomic E-state index is 0. The van der Waals surface area contributed by atoms with Gasteiger partial charge in [-0.3, -0.25) is 4.99 Å². The summed E-state index contributed by atoms with van der Waals surface area (Å²) in [7, 11) is 0. The molecule has 0 aliphatic rings. The maximum Gasteiger partial charge on any atom is 2.00 e. The summed E-state index contributed by atoms with van der Waals surface area (Å²) in [5, 5.41) is 0. The second-order valence-corrected chi connectivity index (χ2v) is 19.2. The molecule has 8 aromatic carbocycles. The molecule has 2 aromatic heterocycles. The molecule has 0 aliphatic heterocycles. The molecule has 0 N–H and O–H groups in total. The van der Waals surface area contributed by atoms with Crippen LogP contribution in [0.25, 0.3) is 45.2 Å². The van der Waals surface area contributed by atoms with E-state index >= 15 is 0 Å². The summed E-state index contributed by atoms with van der Waals surface area (Å²) in [4.78, 5) is 20.1. The average Bonchev–Trinajstić information content (AvgIpc) is 4.09. The Morgan fingerprint density at radius 3 is 1.18 bits per heavy atom. The van der Waals surface area contributed by atoms with Crippen molar-refractivity contribution in [3.63, 3.8) is 0 Å². The molecule has 0 atom stereocenters. The Balaban J connectivity index is 0.000000219. The van der Waals surface area contributed by atoms with E-state index in [1.54, 1.807) is 6.21 Å². The van der Waals surface area contributed by atoms with Gasteiger partial charge in [-0.25, -0.2) is 15.0 Å². The van der Waals surface area contributed by atoms with E-state index < -0.39 is 0 Å². The molecule has 0 saturated heterocycles. The van der Waals surface area contributed by atoms with Gasteiger partial charge in [-0.15, -0.1) is 0 Å². The molecule has 76 heavy (non-hydrogen) atoms. The van der Waals surface area contributed by atoms with Crippen LogP contribution in [-0.2, 0) is 0 Å². The Bertz CT molecular complexity index is 3180. The van der Waals surface area contributed by atoms with Crippen LogP contribution in [0.2, 0.25) is 0 Å². The van der Waals surface area contributed by atoms with Crippen molar-refractivity contribution in [2.24, 2.45) is 9.98 Å². The van der Waals surface area contributed by atoms with Crippen molar-refractivity contribution in [1.29, 1.82) is 0 Å². The van der Waals surface area contributed by atoms with Gasteiger partial charge >= 0.3 is 23.1 Å². The van der Waals surface area contributed by atoms with Gasteiger partial charge in [0.05, 0.1) is 17.6 Å². The summed E-state index contributed by atoms with van der Waals surface area (Å²) >= 11 is 0. The Morgan fingerprint density at radius 2 is 0.789 bits per heavy atom. The van der Waals surface area contributed by atoms with Crippen LogP contribution in [-0.4, -0.2) is 44.9 Å². The van der Waals surface area contributed by atoms with Gasteiger partial charge in [-0.05, 0) is 45.9 Å². The van der Waals surface area contributed by atoms with Gasteiger partial charge in [0, 0.05) is 27.8 Å². The first-order valence-corrected chi connectivity index (χ1v) is 25.7. The summed E-state index contributed by atoms with van der Waals surface area (Å²) in [6.07, 6.45) is 1.76. The molecule has 378 valence electrons. The molecule has 0 aliphatic carbocycles. The van der Waals surface area contributed by atoms with Gasteiger partial charge in [0.25, 0.3) is 0 Å². The number of aliphatic imine (C=N–C) groups is 2. The fourth-order valence-corrected chi connectivity index (χ4v) is 8.67. The molecule has 0 unspecified atom stereocenters. The SMILES string of the molecule is CC(C)c1cccc(C(C)C)c1N=C(c1ccccc1)c1nc(-c2ccccc2)c(-c2ccccc2)o1.CC(C)c1cccc(C(C)C)c1N=Cc1nc(-c2ccccc2)c(-c2ccccc2)o1.[Br-].[Mg+2].[c-]1ccccc1. The predicted octanol–water partition coefficient (Wildman–Crippen LogP) is 15.5. The zero-order chi connectivity index (χ0) is 51.8. The van der Waals surface area contributed by atoms with Crippen molar-refractivity contribution in [1.82, 2.24) is 9.97 Å². The zero-order valence-corrected chi connectivity index (χ0v) is 47.9. The molecular formula is C68H65BrMgN4O2. The third-order valence-corrected chi connectivity index (χ3v) is 12.5. The molecule has 6 nitrogen and oxygen atoms in total. The topological polar surface area (TPSA) is 76.8 Å². The Hall–Kier alpha value is -7.23. The van der Waals surface area contributed by atoms with E-state index in [1.807, 2.05) is 133 Å². The number of benzene rings is 8. The second kappa shape index (κ2) is 28.6. The van der Waals surface area contributed by atoms with Gasteiger partial charge < -0.3 is 25.8 Å². The fraction of sp³-hybridized carbons (Fsp3) is 0.176. The van der Waals surface area contributed by atoms with Crippen LogP contribution >= 0.6 is 0 Å². The number of hydrogen-bond acceptors (Lipinski definition) is 6. The number of nitrogens with zero attached hydrogens (tertiary/aromatic N) is 4. The summed E-state index contributed by atoms with van der Waals surface area (Å²) in [6, 6.07) is 76.2. The van der Waals surface area contributed by atoms with Crippen molar-refractivity contribution in [2.45, 2.75) is 79.1 Å². The Kier molecular flexibility index (Phi) is 21.8. The number of oxazole rings is 2. The number of para-hydroxylation sites is 2. The molecule has 8 heteroatoms. The smallest absolute Gasteiger partial charge is 1.00 e. The van der Waals surface area contributed by atoms with Crippen LogP contribution < -0.4 is 17.0 Å². The van der Waals surface area contributed by atoms with Crippen molar-refractivity contribution < 1.29 is 25.8 Å². The molecule has 2 heterocycles. The van der Waals surface area contributed by atoms with Crippen molar-refractivity contribution >= 4 is 46.4 Å². The van der Waals surface area contributed by atoms with E-state index in [0.29, 0.717) is 35.5 Å². The van der Waals surface area contributed by atoms with E-state index in [2.05, 4.69) is 146 Å². The molecule has 0 bridgehead atoms. The normalized spacial score (nSPS) is 11.2. The van der Waals surface area contributed by atoms with Gasteiger partial charge in [0.2, 0.25) is 11.8 Å². The molecule has 0 spiro atoms. The van der Waals surface area contributed by atoms with Gasteiger partial charge in [0.1, 0.15) is 17.1 Å².